The maximum absolute atomic E-state index is 13.7. The van der Waals surface area contributed by atoms with Gasteiger partial charge in [-0.1, -0.05) is 54.1 Å². The van der Waals surface area contributed by atoms with Crippen LogP contribution in [0.3, 0.4) is 0 Å². The van der Waals surface area contributed by atoms with Crippen molar-refractivity contribution in [2.24, 2.45) is 0 Å². The fourth-order valence-corrected chi connectivity index (χ4v) is 5.65. The lowest BCUT2D eigenvalue weighted by atomic mass is 10.2. The Hall–Kier alpha value is -2.55. The Morgan fingerprint density at radius 1 is 1.03 bits per heavy atom. The standard InChI is InChI=1S/C24H24ClFN2O3S2/c1-18-21(25)11-7-13-23(18)28(33(30,31)20-9-3-2-4-10-20)16-24(29)27-14-15-32-17-19-8-5-6-12-22(19)26/h2-13H,14-17H2,1H3,(H,27,29). The molecule has 0 fully saturated rings. The van der Waals surface area contributed by atoms with Crippen molar-refractivity contribution in [3.8, 4) is 0 Å². The average Bonchev–Trinajstić information content (AvgIpc) is 2.81. The zero-order valence-electron chi connectivity index (χ0n) is 18.0. The zero-order chi connectivity index (χ0) is 23.8. The number of nitrogens with one attached hydrogen (secondary N) is 1. The van der Waals surface area contributed by atoms with Crippen LogP contribution in [-0.2, 0) is 20.6 Å². The first-order chi connectivity index (χ1) is 15.8. The van der Waals surface area contributed by atoms with Crippen molar-refractivity contribution in [1.82, 2.24) is 5.32 Å². The van der Waals surface area contributed by atoms with Gasteiger partial charge in [-0.3, -0.25) is 9.10 Å². The maximum Gasteiger partial charge on any atom is 0.264 e. The van der Waals surface area contributed by atoms with Crippen LogP contribution in [0.2, 0.25) is 5.02 Å². The van der Waals surface area contributed by atoms with Crippen LogP contribution in [-0.4, -0.2) is 33.2 Å². The summed E-state index contributed by atoms with van der Waals surface area (Å²) < 4.78 is 41.5. The van der Waals surface area contributed by atoms with Gasteiger partial charge in [0.2, 0.25) is 5.91 Å². The van der Waals surface area contributed by atoms with E-state index in [9.17, 15) is 17.6 Å². The van der Waals surface area contributed by atoms with E-state index in [2.05, 4.69) is 5.32 Å². The minimum Gasteiger partial charge on any atom is -0.354 e. The number of rotatable bonds is 10. The lowest BCUT2D eigenvalue weighted by molar-refractivity contribution is -0.119. The molecule has 3 aromatic carbocycles. The van der Waals surface area contributed by atoms with Crippen molar-refractivity contribution in [1.29, 1.82) is 0 Å². The van der Waals surface area contributed by atoms with Gasteiger partial charge >= 0.3 is 0 Å². The van der Waals surface area contributed by atoms with Crippen molar-refractivity contribution in [3.05, 3.63) is 94.8 Å². The SMILES string of the molecule is Cc1c(Cl)cccc1N(CC(=O)NCCSCc1ccccc1F)S(=O)(=O)c1ccccc1. The van der Waals surface area contributed by atoms with Crippen LogP contribution < -0.4 is 9.62 Å². The predicted octanol–water partition coefficient (Wildman–Crippen LogP) is 5.03. The van der Waals surface area contributed by atoms with Crippen LogP contribution in [0.25, 0.3) is 0 Å². The summed E-state index contributed by atoms with van der Waals surface area (Å²) in [5, 5.41) is 3.16. The van der Waals surface area contributed by atoms with E-state index in [4.69, 9.17) is 11.6 Å². The van der Waals surface area contributed by atoms with Gasteiger partial charge in [-0.25, -0.2) is 12.8 Å². The third kappa shape index (κ3) is 6.50. The van der Waals surface area contributed by atoms with Crippen LogP contribution in [0, 0.1) is 12.7 Å². The molecule has 5 nitrogen and oxygen atoms in total. The van der Waals surface area contributed by atoms with Gasteiger partial charge < -0.3 is 5.32 Å². The molecular formula is C24H24ClFN2O3S2. The molecule has 0 saturated carbocycles. The van der Waals surface area contributed by atoms with Crippen LogP contribution >= 0.6 is 23.4 Å². The Balaban J connectivity index is 1.68. The minimum absolute atomic E-state index is 0.0811. The molecular weight excluding hydrogens is 483 g/mol. The molecule has 3 rings (SSSR count). The second-order valence-electron chi connectivity index (χ2n) is 7.20. The number of benzene rings is 3. The molecule has 9 heteroatoms. The normalized spacial score (nSPS) is 11.2. The number of thioether (sulfide) groups is 1. The summed E-state index contributed by atoms with van der Waals surface area (Å²) in [5.41, 5.74) is 1.51. The molecule has 0 radical (unpaired) electrons. The number of sulfonamides is 1. The van der Waals surface area contributed by atoms with Crippen LogP contribution in [0.1, 0.15) is 11.1 Å². The number of amides is 1. The van der Waals surface area contributed by atoms with Crippen LogP contribution in [0.4, 0.5) is 10.1 Å². The molecule has 0 saturated heterocycles. The summed E-state index contributed by atoms with van der Waals surface area (Å²) >= 11 is 7.70. The number of carbonyl (C=O) groups is 1. The molecule has 0 spiro atoms. The van der Waals surface area contributed by atoms with Crippen molar-refractivity contribution in [2.45, 2.75) is 17.6 Å². The number of hydrogen-bond donors (Lipinski definition) is 1. The van der Waals surface area contributed by atoms with E-state index in [-0.39, 0.29) is 10.7 Å². The molecule has 1 amide bonds. The minimum atomic E-state index is -4.00. The molecule has 0 atom stereocenters. The van der Waals surface area contributed by atoms with Gasteiger partial charge in [0.25, 0.3) is 10.0 Å². The Labute approximate surface area is 203 Å². The summed E-state index contributed by atoms with van der Waals surface area (Å²) in [6.45, 7) is 1.64. The van der Waals surface area contributed by atoms with E-state index in [0.717, 1.165) is 4.31 Å². The number of nitrogens with zero attached hydrogens (tertiary/aromatic N) is 1. The van der Waals surface area contributed by atoms with Crippen molar-refractivity contribution < 1.29 is 17.6 Å². The quantitative estimate of drug-likeness (QED) is 0.391. The maximum atomic E-state index is 13.7. The summed E-state index contributed by atoms with van der Waals surface area (Å²) in [6, 6.07) is 19.4. The number of anilines is 1. The molecule has 0 aliphatic rings. The molecule has 0 aliphatic heterocycles. The predicted molar refractivity (Wildman–Crippen MR) is 133 cm³/mol. The fraction of sp³-hybridized carbons (Fsp3) is 0.208. The van der Waals surface area contributed by atoms with E-state index in [1.54, 1.807) is 61.5 Å². The highest BCUT2D eigenvalue weighted by Crippen LogP contribution is 2.30. The van der Waals surface area contributed by atoms with E-state index < -0.39 is 22.5 Å². The smallest absolute Gasteiger partial charge is 0.264 e. The lowest BCUT2D eigenvalue weighted by Crippen LogP contribution is -2.41. The first kappa shape index (κ1) is 25.1. The molecule has 0 aromatic heterocycles. The summed E-state index contributed by atoms with van der Waals surface area (Å²) in [6.07, 6.45) is 0. The second kappa shape index (κ2) is 11.5. The zero-order valence-corrected chi connectivity index (χ0v) is 20.4. The highest BCUT2D eigenvalue weighted by atomic mass is 35.5. The third-order valence-electron chi connectivity index (χ3n) is 4.91. The van der Waals surface area contributed by atoms with Gasteiger partial charge in [-0.05, 0) is 48.4 Å². The van der Waals surface area contributed by atoms with Crippen LogP contribution in [0.15, 0.2) is 77.7 Å². The molecule has 0 unspecified atom stereocenters. The largest absolute Gasteiger partial charge is 0.354 e. The lowest BCUT2D eigenvalue weighted by Gasteiger charge is -2.26. The highest BCUT2D eigenvalue weighted by Gasteiger charge is 2.28. The first-order valence-electron chi connectivity index (χ1n) is 10.2. The Bertz CT molecular complexity index is 1210. The van der Waals surface area contributed by atoms with Gasteiger partial charge in [0.1, 0.15) is 12.4 Å². The summed E-state index contributed by atoms with van der Waals surface area (Å²) in [5.74, 6) is 0.341. The van der Waals surface area contributed by atoms with Gasteiger partial charge in [-0.15, -0.1) is 0 Å². The second-order valence-corrected chi connectivity index (χ2v) is 10.6. The molecule has 0 aliphatic carbocycles. The van der Waals surface area contributed by atoms with E-state index in [0.29, 0.717) is 39.9 Å². The summed E-state index contributed by atoms with van der Waals surface area (Å²) in [4.78, 5) is 12.7. The Kier molecular flexibility index (Phi) is 8.77. The first-order valence-corrected chi connectivity index (χ1v) is 13.2. The number of carbonyl (C=O) groups excluding carboxylic acids is 1. The number of halogens is 2. The van der Waals surface area contributed by atoms with Crippen molar-refractivity contribution in [3.63, 3.8) is 0 Å². The van der Waals surface area contributed by atoms with E-state index in [1.807, 2.05) is 0 Å². The van der Waals surface area contributed by atoms with Crippen molar-refractivity contribution >= 4 is 45.0 Å². The van der Waals surface area contributed by atoms with Gasteiger partial charge in [0.05, 0.1) is 10.6 Å². The van der Waals surface area contributed by atoms with E-state index >= 15 is 0 Å². The van der Waals surface area contributed by atoms with Crippen LogP contribution in [0.5, 0.6) is 0 Å². The van der Waals surface area contributed by atoms with Gasteiger partial charge in [0.15, 0.2) is 0 Å². The Morgan fingerprint density at radius 3 is 2.45 bits per heavy atom. The third-order valence-corrected chi connectivity index (χ3v) is 8.10. The molecule has 174 valence electrons. The topological polar surface area (TPSA) is 66.5 Å². The molecule has 1 N–H and O–H groups in total. The molecule has 33 heavy (non-hydrogen) atoms. The molecule has 3 aromatic rings. The van der Waals surface area contributed by atoms with E-state index in [1.165, 1.54) is 30.0 Å². The summed E-state index contributed by atoms with van der Waals surface area (Å²) in [7, 11) is -4.00. The Morgan fingerprint density at radius 2 is 1.73 bits per heavy atom. The number of hydrogen-bond acceptors (Lipinski definition) is 4. The van der Waals surface area contributed by atoms with Crippen molar-refractivity contribution in [2.75, 3.05) is 23.1 Å². The highest BCUT2D eigenvalue weighted by molar-refractivity contribution is 7.98. The monoisotopic (exact) mass is 506 g/mol. The average molecular weight is 507 g/mol. The molecule has 0 heterocycles. The van der Waals surface area contributed by atoms with Gasteiger partial charge in [-0.2, -0.15) is 11.8 Å². The fourth-order valence-electron chi connectivity index (χ4n) is 3.13. The molecule has 0 bridgehead atoms. The van der Waals surface area contributed by atoms with Gasteiger partial charge in [0, 0.05) is 23.1 Å².